The molecule has 142 valence electrons. The monoisotopic (exact) mass is 369 g/mol. The van der Waals surface area contributed by atoms with Gasteiger partial charge in [-0.05, 0) is 19.8 Å². The second-order valence-electron chi connectivity index (χ2n) is 7.06. The number of hydrogen-bond donors (Lipinski definition) is 0. The second kappa shape index (κ2) is 7.34. The quantitative estimate of drug-likeness (QED) is 0.673. The van der Waals surface area contributed by atoms with E-state index in [1.54, 1.807) is 12.5 Å². The maximum absolute atomic E-state index is 12.6. The van der Waals surface area contributed by atoms with Gasteiger partial charge in [-0.3, -0.25) is 4.79 Å². The van der Waals surface area contributed by atoms with Crippen LogP contribution >= 0.6 is 0 Å². The molecule has 0 spiro atoms. The molecule has 27 heavy (non-hydrogen) atoms. The molecule has 0 aliphatic carbocycles. The molecule has 0 bridgehead atoms. The number of aromatic nitrogens is 6. The Bertz CT molecular complexity index is 912. The van der Waals surface area contributed by atoms with E-state index in [0.717, 1.165) is 36.7 Å². The van der Waals surface area contributed by atoms with Crippen LogP contribution in [-0.4, -0.2) is 53.4 Å². The molecule has 1 saturated heterocycles. The Morgan fingerprint density at radius 2 is 2.26 bits per heavy atom. The molecule has 0 N–H and O–H groups in total. The summed E-state index contributed by atoms with van der Waals surface area (Å²) in [6.45, 7) is 3.90. The van der Waals surface area contributed by atoms with Crippen molar-refractivity contribution in [2.75, 3.05) is 13.1 Å². The van der Waals surface area contributed by atoms with Gasteiger partial charge in [0.05, 0.1) is 25.0 Å². The van der Waals surface area contributed by atoms with Crippen molar-refractivity contribution in [3.63, 3.8) is 0 Å². The number of aryl methyl sites for hydroxylation is 1. The first kappa shape index (κ1) is 17.4. The number of piperidine rings is 1. The third-order valence-electron chi connectivity index (χ3n) is 5.02. The zero-order valence-corrected chi connectivity index (χ0v) is 15.6. The van der Waals surface area contributed by atoms with E-state index in [0.29, 0.717) is 18.8 Å². The highest BCUT2D eigenvalue weighted by atomic mass is 16.5. The third-order valence-corrected chi connectivity index (χ3v) is 5.02. The Hall–Kier alpha value is -2.97. The molecule has 1 amide bonds. The fourth-order valence-corrected chi connectivity index (χ4v) is 3.59. The highest BCUT2D eigenvalue weighted by Gasteiger charge is 2.28. The lowest BCUT2D eigenvalue weighted by Gasteiger charge is -2.32. The van der Waals surface area contributed by atoms with Gasteiger partial charge in [0.25, 0.3) is 0 Å². The van der Waals surface area contributed by atoms with Gasteiger partial charge in [0.1, 0.15) is 11.6 Å². The standard InChI is InChI=1S/C18H23N7O2/c1-13-8-15(27-22-13)9-17(26)25-6-3-4-14(10-25)18-21-20-16(23(18)2)11-24-7-5-19-12-24/h5,7-8,12,14H,3-4,6,9-11H2,1-2H3. The van der Waals surface area contributed by atoms with Crippen molar-refractivity contribution in [3.8, 4) is 0 Å². The van der Waals surface area contributed by atoms with E-state index < -0.39 is 0 Å². The van der Waals surface area contributed by atoms with Crippen molar-refractivity contribution in [2.45, 2.75) is 38.6 Å². The molecule has 1 aliphatic rings. The van der Waals surface area contributed by atoms with Crippen LogP contribution in [0.15, 0.2) is 29.3 Å². The van der Waals surface area contributed by atoms with Crippen LogP contribution < -0.4 is 0 Å². The molecule has 9 heteroatoms. The fourth-order valence-electron chi connectivity index (χ4n) is 3.59. The van der Waals surface area contributed by atoms with Crippen LogP contribution in [0.25, 0.3) is 0 Å². The van der Waals surface area contributed by atoms with Crippen molar-refractivity contribution in [3.05, 3.63) is 47.9 Å². The van der Waals surface area contributed by atoms with E-state index in [1.807, 2.05) is 40.3 Å². The maximum atomic E-state index is 12.6. The lowest BCUT2D eigenvalue weighted by atomic mass is 9.96. The smallest absolute Gasteiger partial charge is 0.230 e. The van der Waals surface area contributed by atoms with Gasteiger partial charge in [-0.2, -0.15) is 0 Å². The molecule has 4 heterocycles. The molecule has 1 atom stereocenters. The van der Waals surface area contributed by atoms with E-state index >= 15 is 0 Å². The molecule has 1 fully saturated rings. The highest BCUT2D eigenvalue weighted by molar-refractivity contribution is 5.78. The molecule has 3 aromatic heterocycles. The van der Waals surface area contributed by atoms with Crippen molar-refractivity contribution < 1.29 is 9.32 Å². The van der Waals surface area contributed by atoms with Crippen molar-refractivity contribution in [1.29, 1.82) is 0 Å². The van der Waals surface area contributed by atoms with Gasteiger partial charge in [-0.15, -0.1) is 10.2 Å². The van der Waals surface area contributed by atoms with Gasteiger partial charge < -0.3 is 18.6 Å². The van der Waals surface area contributed by atoms with Crippen LogP contribution in [0.3, 0.4) is 0 Å². The van der Waals surface area contributed by atoms with Crippen molar-refractivity contribution in [1.82, 2.24) is 34.4 Å². The Morgan fingerprint density at radius 1 is 1.37 bits per heavy atom. The summed E-state index contributed by atoms with van der Waals surface area (Å²) in [5.74, 6) is 2.67. The van der Waals surface area contributed by atoms with E-state index in [1.165, 1.54) is 0 Å². The topological polar surface area (TPSA) is 94.9 Å². The molecule has 0 radical (unpaired) electrons. The maximum Gasteiger partial charge on any atom is 0.230 e. The average Bonchev–Trinajstić information content (AvgIpc) is 3.39. The van der Waals surface area contributed by atoms with Gasteiger partial charge in [-0.25, -0.2) is 4.98 Å². The van der Waals surface area contributed by atoms with Crippen LogP contribution in [0.2, 0.25) is 0 Å². The van der Waals surface area contributed by atoms with E-state index in [4.69, 9.17) is 4.52 Å². The first-order chi connectivity index (χ1) is 13.1. The predicted octanol–water partition coefficient (Wildman–Crippen LogP) is 1.31. The Balaban J connectivity index is 1.43. The summed E-state index contributed by atoms with van der Waals surface area (Å²) in [5.41, 5.74) is 0.791. The third kappa shape index (κ3) is 3.76. The summed E-state index contributed by atoms with van der Waals surface area (Å²) in [6, 6.07) is 1.81. The van der Waals surface area contributed by atoms with Gasteiger partial charge in [0.2, 0.25) is 5.91 Å². The summed E-state index contributed by atoms with van der Waals surface area (Å²) < 4.78 is 9.18. The molecular weight excluding hydrogens is 346 g/mol. The molecule has 1 unspecified atom stereocenters. The van der Waals surface area contributed by atoms with Crippen molar-refractivity contribution >= 4 is 5.91 Å². The van der Waals surface area contributed by atoms with E-state index in [2.05, 4.69) is 20.3 Å². The number of carbonyl (C=O) groups excluding carboxylic acids is 1. The van der Waals surface area contributed by atoms with Crippen LogP contribution in [0.4, 0.5) is 0 Å². The zero-order chi connectivity index (χ0) is 18.8. The first-order valence-corrected chi connectivity index (χ1v) is 9.14. The predicted molar refractivity (Wildman–Crippen MR) is 95.8 cm³/mol. The number of rotatable bonds is 5. The number of hydrogen-bond acceptors (Lipinski definition) is 6. The normalized spacial score (nSPS) is 17.4. The largest absolute Gasteiger partial charge is 0.361 e. The molecular formula is C18H23N7O2. The minimum absolute atomic E-state index is 0.0663. The minimum Gasteiger partial charge on any atom is -0.361 e. The molecule has 9 nitrogen and oxygen atoms in total. The Morgan fingerprint density at radius 3 is 3.00 bits per heavy atom. The lowest BCUT2D eigenvalue weighted by Crippen LogP contribution is -2.40. The zero-order valence-electron chi connectivity index (χ0n) is 15.6. The number of nitrogens with zero attached hydrogens (tertiary/aromatic N) is 7. The Kier molecular flexibility index (Phi) is 4.74. The van der Waals surface area contributed by atoms with Crippen LogP contribution in [0.1, 0.15) is 41.9 Å². The summed E-state index contributed by atoms with van der Waals surface area (Å²) in [4.78, 5) is 18.6. The Labute approximate surface area is 157 Å². The molecule has 0 saturated carbocycles. The summed E-state index contributed by atoms with van der Waals surface area (Å²) in [5, 5.41) is 12.6. The number of carbonyl (C=O) groups is 1. The molecule has 4 rings (SSSR count). The fraction of sp³-hybridized carbons (Fsp3) is 0.500. The molecule has 1 aliphatic heterocycles. The SMILES string of the molecule is Cc1cc(CC(=O)N2CCCC(c3nnc(Cn4ccnc4)n3C)C2)on1. The van der Waals surface area contributed by atoms with Crippen LogP contribution in [0, 0.1) is 6.92 Å². The molecule has 3 aromatic rings. The number of likely N-dealkylation sites (tertiary alicyclic amines) is 1. The second-order valence-corrected chi connectivity index (χ2v) is 7.06. The average molecular weight is 369 g/mol. The summed E-state index contributed by atoms with van der Waals surface area (Å²) in [6.07, 6.45) is 7.62. The summed E-state index contributed by atoms with van der Waals surface area (Å²) in [7, 11) is 1.99. The van der Waals surface area contributed by atoms with Gasteiger partial charge in [-0.1, -0.05) is 5.16 Å². The van der Waals surface area contributed by atoms with Gasteiger partial charge >= 0.3 is 0 Å². The lowest BCUT2D eigenvalue weighted by molar-refractivity contribution is -0.132. The summed E-state index contributed by atoms with van der Waals surface area (Å²) >= 11 is 0. The first-order valence-electron chi connectivity index (χ1n) is 9.14. The van der Waals surface area contributed by atoms with Crippen LogP contribution in [-0.2, 0) is 24.8 Å². The van der Waals surface area contributed by atoms with Gasteiger partial charge in [0.15, 0.2) is 5.82 Å². The molecule has 0 aromatic carbocycles. The van der Waals surface area contributed by atoms with Gasteiger partial charge in [0, 0.05) is 44.5 Å². The van der Waals surface area contributed by atoms with E-state index in [9.17, 15) is 4.79 Å². The minimum atomic E-state index is 0.0663. The number of imidazole rings is 1. The van der Waals surface area contributed by atoms with E-state index in [-0.39, 0.29) is 18.2 Å². The highest BCUT2D eigenvalue weighted by Crippen LogP contribution is 2.26. The van der Waals surface area contributed by atoms with Crippen molar-refractivity contribution in [2.24, 2.45) is 7.05 Å². The number of amides is 1. The van der Waals surface area contributed by atoms with Crippen LogP contribution in [0.5, 0.6) is 0 Å².